The number of nitrogens with zero attached hydrogens (tertiary/aromatic N) is 3. The molecule has 30 heavy (non-hydrogen) atoms. The van der Waals surface area contributed by atoms with Gasteiger partial charge in [-0.15, -0.1) is 10.2 Å². The highest BCUT2D eigenvalue weighted by Gasteiger charge is 2.17. The number of aryl methyl sites for hydroxylation is 1. The largest absolute Gasteiger partial charge is 0.356 e. The van der Waals surface area contributed by atoms with E-state index >= 15 is 0 Å². The van der Waals surface area contributed by atoms with Gasteiger partial charge < -0.3 is 15.5 Å². The van der Waals surface area contributed by atoms with Crippen LogP contribution in [0.25, 0.3) is 0 Å². The van der Waals surface area contributed by atoms with Crippen molar-refractivity contribution in [1.82, 2.24) is 20.4 Å². The molecule has 1 aromatic carbocycles. The number of halogens is 1. The molecule has 162 valence electrons. The van der Waals surface area contributed by atoms with Gasteiger partial charge in [-0.25, -0.2) is 4.39 Å². The minimum Gasteiger partial charge on any atom is -0.356 e. The maximum absolute atomic E-state index is 12.9. The molecule has 1 aromatic heterocycles. The number of benzene rings is 1. The van der Waals surface area contributed by atoms with Crippen LogP contribution in [-0.2, 0) is 11.2 Å². The highest BCUT2D eigenvalue weighted by atomic mass is 32.1. The summed E-state index contributed by atoms with van der Waals surface area (Å²) in [5, 5.41) is 14.3. The van der Waals surface area contributed by atoms with E-state index in [-0.39, 0.29) is 16.7 Å². The first-order valence-electron chi connectivity index (χ1n) is 10.4. The number of hydrogen-bond donors (Lipinski definition) is 2. The Kier molecular flexibility index (Phi) is 8.27. The number of carbonyl (C=O) groups excluding carboxylic acids is 2. The van der Waals surface area contributed by atoms with Crippen molar-refractivity contribution >= 4 is 28.8 Å². The summed E-state index contributed by atoms with van der Waals surface area (Å²) in [4.78, 5) is 26.8. The first-order chi connectivity index (χ1) is 14.5. The third-order valence-electron chi connectivity index (χ3n) is 5.21. The molecule has 7 nitrogen and oxygen atoms in total. The first-order valence-corrected chi connectivity index (χ1v) is 11.2. The molecule has 1 atom stereocenters. The van der Waals surface area contributed by atoms with Crippen molar-refractivity contribution in [3.05, 3.63) is 40.1 Å². The summed E-state index contributed by atoms with van der Waals surface area (Å²) < 4.78 is 12.9. The van der Waals surface area contributed by atoms with E-state index in [1.165, 1.54) is 43.5 Å². The van der Waals surface area contributed by atoms with Crippen LogP contribution < -0.4 is 10.6 Å². The van der Waals surface area contributed by atoms with Gasteiger partial charge in [-0.05, 0) is 57.0 Å². The minimum absolute atomic E-state index is 0.0193. The summed E-state index contributed by atoms with van der Waals surface area (Å²) >= 11 is 1.16. The Hall–Kier alpha value is -2.39. The number of amides is 2. The Morgan fingerprint density at radius 3 is 2.80 bits per heavy atom. The molecule has 0 unspecified atom stereocenters. The average Bonchev–Trinajstić information content (AvgIpc) is 3.22. The van der Waals surface area contributed by atoms with E-state index in [0.29, 0.717) is 36.1 Å². The van der Waals surface area contributed by atoms with Gasteiger partial charge in [0.25, 0.3) is 5.91 Å². The van der Waals surface area contributed by atoms with Gasteiger partial charge >= 0.3 is 0 Å². The zero-order valence-corrected chi connectivity index (χ0v) is 18.0. The van der Waals surface area contributed by atoms with Gasteiger partial charge in [0.15, 0.2) is 0 Å². The molecule has 0 saturated carbocycles. The number of rotatable bonds is 9. The van der Waals surface area contributed by atoms with E-state index in [9.17, 15) is 14.0 Å². The summed E-state index contributed by atoms with van der Waals surface area (Å²) in [5.74, 6) is -0.790. The average molecular weight is 434 g/mol. The molecule has 0 spiro atoms. The number of carbonyl (C=O) groups is 2. The van der Waals surface area contributed by atoms with Crippen LogP contribution in [0.1, 0.15) is 53.8 Å². The molecule has 0 aliphatic carbocycles. The summed E-state index contributed by atoms with van der Waals surface area (Å²) in [5.41, 5.74) is 0.483. The van der Waals surface area contributed by atoms with E-state index in [4.69, 9.17) is 0 Å². The van der Waals surface area contributed by atoms with Gasteiger partial charge in [-0.1, -0.05) is 17.8 Å². The lowest BCUT2D eigenvalue weighted by atomic mass is 10.0. The van der Waals surface area contributed by atoms with E-state index in [1.54, 1.807) is 0 Å². The molecule has 2 aromatic rings. The van der Waals surface area contributed by atoms with Crippen molar-refractivity contribution in [3.63, 3.8) is 0 Å². The van der Waals surface area contributed by atoms with Crippen LogP contribution in [0.2, 0.25) is 0 Å². The van der Waals surface area contributed by atoms with Crippen molar-refractivity contribution in [3.8, 4) is 0 Å². The van der Waals surface area contributed by atoms with Crippen molar-refractivity contribution in [2.24, 2.45) is 0 Å². The molecular formula is C21H28FN5O2S. The number of aromatic nitrogens is 2. The molecule has 1 fully saturated rings. The zero-order chi connectivity index (χ0) is 21.3. The molecule has 1 saturated heterocycles. The molecule has 2 heterocycles. The third-order valence-corrected chi connectivity index (χ3v) is 6.20. The second-order valence-electron chi connectivity index (χ2n) is 7.55. The molecule has 1 aliphatic heterocycles. The van der Waals surface area contributed by atoms with Gasteiger partial charge in [0.05, 0.1) is 0 Å². The molecule has 0 bridgehead atoms. The lowest BCUT2D eigenvalue weighted by Crippen LogP contribution is -2.39. The van der Waals surface area contributed by atoms with Crippen LogP contribution in [0.15, 0.2) is 24.3 Å². The Morgan fingerprint density at radius 1 is 1.23 bits per heavy atom. The topological polar surface area (TPSA) is 87.2 Å². The lowest BCUT2D eigenvalue weighted by molar-refractivity contribution is -0.121. The Labute approximate surface area is 180 Å². The van der Waals surface area contributed by atoms with Gasteiger partial charge in [0, 0.05) is 37.7 Å². The second kappa shape index (κ2) is 11.1. The fraction of sp³-hybridized carbons (Fsp3) is 0.524. The third kappa shape index (κ3) is 6.84. The van der Waals surface area contributed by atoms with E-state index in [2.05, 4.69) is 32.7 Å². The Bertz CT molecular complexity index is 842. The minimum atomic E-state index is -0.401. The van der Waals surface area contributed by atoms with Gasteiger partial charge in [0.1, 0.15) is 10.8 Å². The van der Waals surface area contributed by atoms with Crippen molar-refractivity contribution in [1.29, 1.82) is 0 Å². The lowest BCUT2D eigenvalue weighted by Gasteiger charge is -2.33. The number of anilines is 1. The van der Waals surface area contributed by atoms with E-state index in [1.807, 2.05) is 0 Å². The maximum atomic E-state index is 12.9. The van der Waals surface area contributed by atoms with Crippen LogP contribution in [0, 0.1) is 5.82 Å². The van der Waals surface area contributed by atoms with E-state index < -0.39 is 5.91 Å². The van der Waals surface area contributed by atoms with Crippen LogP contribution in [0.4, 0.5) is 10.1 Å². The molecule has 0 radical (unpaired) electrons. The smallest absolute Gasteiger partial charge is 0.286 e. The number of hydrogen-bond acceptors (Lipinski definition) is 6. The number of likely N-dealkylation sites (tertiary alicyclic amines) is 1. The molecular weight excluding hydrogens is 405 g/mol. The van der Waals surface area contributed by atoms with Crippen LogP contribution in [0.3, 0.4) is 0 Å². The molecule has 2 amide bonds. The van der Waals surface area contributed by atoms with Crippen LogP contribution in [0.5, 0.6) is 0 Å². The van der Waals surface area contributed by atoms with Gasteiger partial charge in [0.2, 0.25) is 10.9 Å². The first kappa shape index (κ1) is 22.3. The number of nitrogens with one attached hydrogen (secondary N) is 2. The normalized spacial score (nSPS) is 16.9. The molecule has 3 rings (SSSR count). The summed E-state index contributed by atoms with van der Waals surface area (Å²) in [6.45, 7) is 5.12. The zero-order valence-electron chi connectivity index (χ0n) is 17.2. The molecule has 2 N–H and O–H groups in total. The summed E-state index contributed by atoms with van der Waals surface area (Å²) in [6, 6.07) is 6.14. The van der Waals surface area contributed by atoms with E-state index in [0.717, 1.165) is 30.8 Å². The highest BCUT2D eigenvalue weighted by molar-refractivity contribution is 7.13. The molecule has 9 heteroatoms. The van der Waals surface area contributed by atoms with Crippen molar-refractivity contribution < 1.29 is 14.0 Å². The SMILES string of the molecule is C[C@H]1CCCCN1CCCNC(=O)CCc1nnc(C(=O)Nc2ccc(F)cc2)s1. The fourth-order valence-corrected chi connectivity index (χ4v) is 4.21. The second-order valence-corrected chi connectivity index (χ2v) is 8.61. The highest BCUT2D eigenvalue weighted by Crippen LogP contribution is 2.17. The predicted molar refractivity (Wildman–Crippen MR) is 115 cm³/mol. The maximum Gasteiger partial charge on any atom is 0.286 e. The predicted octanol–water partition coefficient (Wildman–Crippen LogP) is 3.24. The van der Waals surface area contributed by atoms with Gasteiger partial charge in [-0.3, -0.25) is 9.59 Å². The monoisotopic (exact) mass is 433 g/mol. The van der Waals surface area contributed by atoms with Crippen molar-refractivity contribution in [2.75, 3.05) is 25.0 Å². The quantitative estimate of drug-likeness (QED) is 0.593. The van der Waals surface area contributed by atoms with Crippen LogP contribution in [-0.4, -0.2) is 52.6 Å². The summed E-state index contributed by atoms with van der Waals surface area (Å²) in [7, 11) is 0. The standard InChI is InChI=1S/C21H28FN5O2S/c1-15-5-2-3-13-27(15)14-4-12-23-18(28)10-11-19-25-26-21(30-19)20(29)24-17-8-6-16(22)7-9-17/h6-9,15H,2-5,10-14H2,1H3,(H,23,28)(H,24,29)/t15-/m0/s1. The number of piperidine rings is 1. The van der Waals surface area contributed by atoms with Crippen LogP contribution >= 0.6 is 11.3 Å². The van der Waals surface area contributed by atoms with Crippen molar-refractivity contribution in [2.45, 2.75) is 51.5 Å². The Balaban J connectivity index is 1.34. The Morgan fingerprint density at radius 2 is 2.03 bits per heavy atom. The van der Waals surface area contributed by atoms with Gasteiger partial charge in [-0.2, -0.15) is 0 Å². The molecule has 1 aliphatic rings. The summed E-state index contributed by atoms with van der Waals surface area (Å²) in [6.07, 6.45) is 5.55. The fourth-order valence-electron chi connectivity index (χ4n) is 3.47.